The Hall–Kier alpha value is -3.48. The SMILES string of the molecule is N#CC(c1ccc(F)cc1)c1c(Cl)cc(-n2nc(C(=O)O)c(=O)[nH]c2=O)cc1Cl. The van der Waals surface area contributed by atoms with E-state index in [1.165, 1.54) is 36.4 Å². The van der Waals surface area contributed by atoms with Crippen LogP contribution >= 0.6 is 23.2 Å². The first-order valence-corrected chi connectivity index (χ1v) is 8.60. The molecular weight excluding hydrogens is 426 g/mol. The Morgan fingerprint density at radius 3 is 2.31 bits per heavy atom. The van der Waals surface area contributed by atoms with Gasteiger partial charge in [0.15, 0.2) is 0 Å². The second-order valence-corrected chi connectivity index (χ2v) is 6.58. The molecule has 0 aliphatic heterocycles. The van der Waals surface area contributed by atoms with Crippen LogP contribution in [0.3, 0.4) is 0 Å². The Kier molecular flexibility index (Phi) is 5.50. The molecule has 2 N–H and O–H groups in total. The third kappa shape index (κ3) is 3.89. The van der Waals surface area contributed by atoms with E-state index in [1.807, 2.05) is 11.1 Å². The first-order valence-electron chi connectivity index (χ1n) is 7.84. The molecule has 0 spiro atoms. The van der Waals surface area contributed by atoms with Gasteiger partial charge in [0, 0.05) is 15.6 Å². The summed E-state index contributed by atoms with van der Waals surface area (Å²) in [4.78, 5) is 36.5. The van der Waals surface area contributed by atoms with Gasteiger partial charge in [-0.15, -0.1) is 0 Å². The van der Waals surface area contributed by atoms with E-state index >= 15 is 0 Å². The second kappa shape index (κ2) is 7.87. The molecule has 3 rings (SSSR count). The molecule has 3 aromatic rings. The van der Waals surface area contributed by atoms with Gasteiger partial charge in [-0.25, -0.2) is 14.0 Å². The lowest BCUT2D eigenvalue weighted by Crippen LogP contribution is -2.35. The summed E-state index contributed by atoms with van der Waals surface area (Å²) in [5.74, 6) is -3.04. The fourth-order valence-corrected chi connectivity index (χ4v) is 3.34. The fourth-order valence-electron chi connectivity index (χ4n) is 2.64. The molecule has 0 bridgehead atoms. The number of carboxylic acid groups (broad SMARTS) is 1. The minimum Gasteiger partial charge on any atom is -0.476 e. The van der Waals surface area contributed by atoms with Crippen molar-refractivity contribution in [2.24, 2.45) is 0 Å². The molecule has 0 fully saturated rings. The maximum Gasteiger partial charge on any atom is 0.362 e. The first-order chi connectivity index (χ1) is 13.7. The van der Waals surface area contributed by atoms with Crippen molar-refractivity contribution in [3.8, 4) is 11.8 Å². The molecule has 0 aliphatic rings. The number of nitrogens with zero attached hydrogens (tertiary/aromatic N) is 3. The average Bonchev–Trinajstić information content (AvgIpc) is 2.65. The fraction of sp³-hybridized carbons (Fsp3) is 0.0556. The minimum absolute atomic E-state index is 0.0137. The van der Waals surface area contributed by atoms with E-state index in [2.05, 4.69) is 5.10 Å². The number of H-pyrrole nitrogens is 1. The Balaban J connectivity index is 2.16. The van der Waals surface area contributed by atoms with Crippen LogP contribution < -0.4 is 11.2 Å². The number of aromatic carboxylic acids is 1. The van der Waals surface area contributed by atoms with Crippen molar-refractivity contribution in [1.29, 1.82) is 5.26 Å². The highest BCUT2D eigenvalue weighted by atomic mass is 35.5. The van der Waals surface area contributed by atoms with Gasteiger partial charge in [0.2, 0.25) is 5.69 Å². The van der Waals surface area contributed by atoms with Gasteiger partial charge >= 0.3 is 11.7 Å². The van der Waals surface area contributed by atoms with Crippen molar-refractivity contribution in [1.82, 2.24) is 14.8 Å². The van der Waals surface area contributed by atoms with Crippen LogP contribution in [0.15, 0.2) is 46.0 Å². The number of benzene rings is 2. The van der Waals surface area contributed by atoms with E-state index in [9.17, 15) is 24.0 Å². The number of aromatic amines is 1. The number of carboxylic acids is 1. The van der Waals surface area contributed by atoms with Crippen molar-refractivity contribution in [3.05, 3.63) is 89.9 Å². The van der Waals surface area contributed by atoms with Crippen molar-refractivity contribution in [3.63, 3.8) is 0 Å². The van der Waals surface area contributed by atoms with E-state index in [1.54, 1.807) is 0 Å². The van der Waals surface area contributed by atoms with Crippen molar-refractivity contribution in [2.75, 3.05) is 0 Å². The number of aromatic nitrogens is 3. The van der Waals surface area contributed by atoms with E-state index in [0.717, 1.165) is 0 Å². The second-order valence-electron chi connectivity index (χ2n) is 5.76. The largest absolute Gasteiger partial charge is 0.476 e. The predicted octanol–water partition coefficient (Wildman–Crippen LogP) is 2.72. The average molecular weight is 435 g/mol. The van der Waals surface area contributed by atoms with Crippen LogP contribution in [0.5, 0.6) is 0 Å². The zero-order valence-electron chi connectivity index (χ0n) is 14.2. The maximum atomic E-state index is 13.2. The number of nitrogens with one attached hydrogen (secondary N) is 1. The number of nitriles is 1. The molecule has 0 radical (unpaired) electrons. The smallest absolute Gasteiger partial charge is 0.362 e. The molecular formula is C18H9Cl2FN4O4. The minimum atomic E-state index is -1.63. The molecule has 1 unspecified atom stereocenters. The Morgan fingerprint density at radius 2 is 1.79 bits per heavy atom. The molecule has 8 nitrogen and oxygen atoms in total. The summed E-state index contributed by atoms with van der Waals surface area (Å²) in [6, 6.07) is 9.73. The molecule has 1 aromatic heterocycles. The molecule has 1 atom stereocenters. The standard InChI is InChI=1S/C18H9Cl2FN4O4/c19-12-5-10(25-18(29)23-16(26)15(24-25)17(27)28)6-13(20)14(12)11(7-22)8-1-3-9(21)4-2-8/h1-6,11H,(H,27,28)(H,23,26,29). The number of rotatable bonds is 4. The highest BCUT2D eigenvalue weighted by Crippen LogP contribution is 2.37. The van der Waals surface area contributed by atoms with Gasteiger partial charge < -0.3 is 5.11 Å². The van der Waals surface area contributed by atoms with E-state index in [0.29, 0.717) is 10.2 Å². The molecule has 0 saturated heterocycles. The highest BCUT2D eigenvalue weighted by Gasteiger charge is 2.22. The van der Waals surface area contributed by atoms with Crippen molar-refractivity contribution < 1.29 is 14.3 Å². The zero-order valence-corrected chi connectivity index (χ0v) is 15.7. The van der Waals surface area contributed by atoms with Gasteiger partial charge in [0.05, 0.1) is 17.7 Å². The predicted molar refractivity (Wildman–Crippen MR) is 101 cm³/mol. The molecule has 0 saturated carbocycles. The van der Waals surface area contributed by atoms with Crippen LogP contribution in [0.25, 0.3) is 5.69 Å². The number of halogens is 3. The summed E-state index contributed by atoms with van der Waals surface area (Å²) < 4.78 is 13.8. The summed E-state index contributed by atoms with van der Waals surface area (Å²) in [5, 5.41) is 22.1. The van der Waals surface area contributed by atoms with Gasteiger partial charge in [-0.1, -0.05) is 35.3 Å². The van der Waals surface area contributed by atoms with Crippen molar-refractivity contribution >= 4 is 29.2 Å². The number of carbonyl (C=O) groups is 1. The lowest BCUT2D eigenvalue weighted by Gasteiger charge is -2.15. The van der Waals surface area contributed by atoms with Crippen LogP contribution in [0.1, 0.15) is 27.5 Å². The molecule has 1 heterocycles. The summed E-state index contributed by atoms with van der Waals surface area (Å²) in [6.45, 7) is 0. The third-order valence-electron chi connectivity index (χ3n) is 3.96. The molecule has 29 heavy (non-hydrogen) atoms. The maximum absolute atomic E-state index is 13.2. The Labute approximate surface area is 171 Å². The van der Waals surface area contributed by atoms with E-state index < -0.39 is 34.6 Å². The molecule has 0 aliphatic carbocycles. The summed E-state index contributed by atoms with van der Waals surface area (Å²) >= 11 is 12.6. The van der Waals surface area contributed by atoms with Gasteiger partial charge in [-0.05, 0) is 29.8 Å². The monoisotopic (exact) mass is 434 g/mol. The van der Waals surface area contributed by atoms with Gasteiger partial charge in [-0.2, -0.15) is 15.0 Å². The van der Waals surface area contributed by atoms with Gasteiger partial charge in [0.1, 0.15) is 5.82 Å². The van der Waals surface area contributed by atoms with Crippen LogP contribution in [0.4, 0.5) is 4.39 Å². The highest BCUT2D eigenvalue weighted by molar-refractivity contribution is 6.36. The number of hydrogen-bond donors (Lipinski definition) is 2. The molecule has 2 aromatic carbocycles. The quantitative estimate of drug-likeness (QED) is 0.649. The van der Waals surface area contributed by atoms with Gasteiger partial charge in [-0.3, -0.25) is 9.78 Å². The molecule has 11 heteroatoms. The zero-order chi connectivity index (χ0) is 21.3. The Morgan fingerprint density at radius 1 is 1.21 bits per heavy atom. The lowest BCUT2D eigenvalue weighted by atomic mass is 9.92. The summed E-state index contributed by atoms with van der Waals surface area (Å²) in [5.41, 5.74) is -2.44. The van der Waals surface area contributed by atoms with E-state index in [4.69, 9.17) is 28.3 Å². The molecule has 146 valence electrons. The summed E-state index contributed by atoms with van der Waals surface area (Å²) in [6.07, 6.45) is 0. The van der Waals surface area contributed by atoms with Crippen LogP contribution in [0.2, 0.25) is 10.0 Å². The normalized spacial score (nSPS) is 11.7. The van der Waals surface area contributed by atoms with Crippen molar-refractivity contribution in [2.45, 2.75) is 5.92 Å². The van der Waals surface area contributed by atoms with Crippen LogP contribution in [0, 0.1) is 17.1 Å². The van der Waals surface area contributed by atoms with Gasteiger partial charge in [0.25, 0.3) is 5.56 Å². The topological polar surface area (TPSA) is 129 Å². The first kappa shape index (κ1) is 20.3. The lowest BCUT2D eigenvalue weighted by molar-refractivity contribution is 0.0685. The Bertz CT molecular complexity index is 1260. The summed E-state index contributed by atoms with van der Waals surface area (Å²) in [7, 11) is 0. The van der Waals surface area contributed by atoms with Crippen LogP contribution in [-0.2, 0) is 0 Å². The third-order valence-corrected chi connectivity index (χ3v) is 4.59. The molecule has 0 amide bonds. The van der Waals surface area contributed by atoms with Crippen LogP contribution in [-0.4, -0.2) is 25.8 Å². The number of hydrogen-bond acceptors (Lipinski definition) is 5. The van der Waals surface area contributed by atoms with E-state index in [-0.39, 0.29) is 21.3 Å².